The number of hydrogen-bond donors (Lipinski definition) is 2. The second kappa shape index (κ2) is 8.19. The standard InChI is InChI=1S/C18H23N3O2/c1-14-3-9-17(10-4-14)23-13-18(22)20-15-5-7-16(8-6-15)21(2)12-11-19/h3-10H,11-13,19H2,1-2H3,(H,20,22). The average molecular weight is 313 g/mol. The van der Waals surface area contributed by atoms with Crippen LogP contribution >= 0.6 is 0 Å². The highest BCUT2D eigenvalue weighted by Gasteiger charge is 2.05. The zero-order valence-electron chi connectivity index (χ0n) is 13.6. The molecule has 0 unspecified atom stereocenters. The third kappa shape index (κ3) is 5.30. The molecule has 0 spiro atoms. The van der Waals surface area contributed by atoms with Crippen molar-refractivity contribution in [1.82, 2.24) is 0 Å². The summed E-state index contributed by atoms with van der Waals surface area (Å²) in [6.07, 6.45) is 0. The van der Waals surface area contributed by atoms with Gasteiger partial charge in [0.1, 0.15) is 5.75 Å². The Labute approximate surface area is 137 Å². The van der Waals surface area contributed by atoms with E-state index in [1.807, 2.05) is 62.5 Å². The monoisotopic (exact) mass is 313 g/mol. The minimum Gasteiger partial charge on any atom is -0.484 e. The van der Waals surface area contributed by atoms with Crippen LogP contribution in [0.5, 0.6) is 5.75 Å². The molecule has 0 saturated carbocycles. The third-order valence-corrected chi connectivity index (χ3v) is 3.45. The van der Waals surface area contributed by atoms with E-state index in [2.05, 4.69) is 10.2 Å². The summed E-state index contributed by atoms with van der Waals surface area (Å²) in [6, 6.07) is 15.2. The Morgan fingerprint density at radius 1 is 1.13 bits per heavy atom. The van der Waals surface area contributed by atoms with Gasteiger partial charge in [0.2, 0.25) is 0 Å². The van der Waals surface area contributed by atoms with Crippen LogP contribution in [0.4, 0.5) is 11.4 Å². The Morgan fingerprint density at radius 2 is 1.78 bits per heavy atom. The smallest absolute Gasteiger partial charge is 0.262 e. The highest BCUT2D eigenvalue weighted by molar-refractivity contribution is 5.92. The SMILES string of the molecule is Cc1ccc(OCC(=O)Nc2ccc(N(C)CCN)cc2)cc1. The van der Waals surface area contributed by atoms with Crippen LogP contribution < -0.4 is 20.7 Å². The number of carbonyl (C=O) groups is 1. The molecular formula is C18H23N3O2. The molecule has 2 aromatic carbocycles. The number of amides is 1. The first-order chi connectivity index (χ1) is 11.1. The summed E-state index contributed by atoms with van der Waals surface area (Å²) in [6.45, 7) is 3.38. The van der Waals surface area contributed by atoms with Crippen LogP contribution in [0.3, 0.4) is 0 Å². The minimum atomic E-state index is -0.186. The van der Waals surface area contributed by atoms with Gasteiger partial charge in [0.05, 0.1) is 0 Å². The summed E-state index contributed by atoms with van der Waals surface area (Å²) in [5.41, 5.74) is 8.50. The number of nitrogens with two attached hydrogens (primary N) is 1. The first-order valence-electron chi connectivity index (χ1n) is 7.59. The first kappa shape index (κ1) is 16.8. The number of likely N-dealkylation sites (N-methyl/N-ethyl adjacent to an activating group) is 1. The minimum absolute atomic E-state index is 0.0160. The predicted molar refractivity (Wildman–Crippen MR) is 94.1 cm³/mol. The molecule has 23 heavy (non-hydrogen) atoms. The van der Waals surface area contributed by atoms with Crippen molar-refractivity contribution in [3.05, 3.63) is 54.1 Å². The quantitative estimate of drug-likeness (QED) is 0.824. The molecule has 0 aliphatic heterocycles. The van der Waals surface area contributed by atoms with Gasteiger partial charge < -0.3 is 20.7 Å². The Hall–Kier alpha value is -2.53. The van der Waals surface area contributed by atoms with E-state index in [-0.39, 0.29) is 12.5 Å². The van der Waals surface area contributed by atoms with Crippen molar-refractivity contribution in [2.24, 2.45) is 5.73 Å². The molecule has 5 heteroatoms. The van der Waals surface area contributed by atoms with Crippen LogP contribution in [0.15, 0.2) is 48.5 Å². The fraction of sp³-hybridized carbons (Fsp3) is 0.278. The third-order valence-electron chi connectivity index (χ3n) is 3.45. The van der Waals surface area contributed by atoms with Crippen LogP contribution in [0.25, 0.3) is 0 Å². The van der Waals surface area contributed by atoms with E-state index in [0.717, 1.165) is 23.5 Å². The topological polar surface area (TPSA) is 67.6 Å². The van der Waals surface area contributed by atoms with E-state index in [0.29, 0.717) is 12.3 Å². The molecule has 5 nitrogen and oxygen atoms in total. The number of anilines is 2. The Morgan fingerprint density at radius 3 is 2.39 bits per heavy atom. The molecule has 0 radical (unpaired) electrons. The van der Waals surface area contributed by atoms with Gasteiger partial charge in [0.15, 0.2) is 6.61 Å². The molecule has 0 saturated heterocycles. The molecule has 1 amide bonds. The molecular weight excluding hydrogens is 290 g/mol. The largest absolute Gasteiger partial charge is 0.484 e. The van der Waals surface area contributed by atoms with Crippen LogP contribution in [0.1, 0.15) is 5.56 Å². The van der Waals surface area contributed by atoms with Gasteiger partial charge >= 0.3 is 0 Å². The Kier molecular flexibility index (Phi) is 6.00. The maximum Gasteiger partial charge on any atom is 0.262 e. The normalized spacial score (nSPS) is 10.2. The molecule has 0 aromatic heterocycles. The summed E-state index contributed by atoms with van der Waals surface area (Å²) in [4.78, 5) is 14.0. The molecule has 2 aromatic rings. The predicted octanol–water partition coefficient (Wildman–Crippen LogP) is 2.41. The lowest BCUT2D eigenvalue weighted by molar-refractivity contribution is -0.118. The van der Waals surface area contributed by atoms with Crippen molar-refractivity contribution in [3.8, 4) is 5.75 Å². The van der Waals surface area contributed by atoms with Gasteiger partial charge in [0, 0.05) is 31.5 Å². The zero-order chi connectivity index (χ0) is 16.7. The fourth-order valence-corrected chi connectivity index (χ4v) is 2.10. The summed E-state index contributed by atoms with van der Waals surface area (Å²) >= 11 is 0. The van der Waals surface area contributed by atoms with E-state index in [1.165, 1.54) is 0 Å². The lowest BCUT2D eigenvalue weighted by atomic mass is 10.2. The van der Waals surface area contributed by atoms with Crippen molar-refractivity contribution >= 4 is 17.3 Å². The fourth-order valence-electron chi connectivity index (χ4n) is 2.10. The summed E-state index contributed by atoms with van der Waals surface area (Å²) < 4.78 is 5.45. The van der Waals surface area contributed by atoms with E-state index in [4.69, 9.17) is 10.5 Å². The molecule has 2 rings (SSSR count). The van der Waals surface area contributed by atoms with Gasteiger partial charge in [-0.1, -0.05) is 17.7 Å². The van der Waals surface area contributed by atoms with Crippen LogP contribution in [0, 0.1) is 6.92 Å². The Bertz CT molecular complexity index is 624. The second-order valence-electron chi connectivity index (χ2n) is 5.41. The van der Waals surface area contributed by atoms with Crippen molar-refractivity contribution in [2.45, 2.75) is 6.92 Å². The number of hydrogen-bond acceptors (Lipinski definition) is 4. The molecule has 0 fully saturated rings. The van der Waals surface area contributed by atoms with Gasteiger partial charge in [0.25, 0.3) is 5.91 Å². The second-order valence-corrected chi connectivity index (χ2v) is 5.41. The molecule has 0 aliphatic rings. The number of rotatable bonds is 7. The first-order valence-corrected chi connectivity index (χ1v) is 7.59. The maximum absolute atomic E-state index is 11.9. The van der Waals surface area contributed by atoms with Crippen LogP contribution in [-0.2, 0) is 4.79 Å². The number of aryl methyl sites for hydroxylation is 1. The van der Waals surface area contributed by atoms with Crippen LogP contribution in [0.2, 0.25) is 0 Å². The lowest BCUT2D eigenvalue weighted by Crippen LogP contribution is -2.25. The molecule has 0 aliphatic carbocycles. The average Bonchev–Trinajstić information content (AvgIpc) is 2.55. The number of nitrogens with one attached hydrogen (secondary N) is 1. The van der Waals surface area contributed by atoms with E-state index in [9.17, 15) is 4.79 Å². The van der Waals surface area contributed by atoms with Crippen molar-refractivity contribution in [3.63, 3.8) is 0 Å². The van der Waals surface area contributed by atoms with Gasteiger partial charge in [-0.25, -0.2) is 0 Å². The van der Waals surface area contributed by atoms with Gasteiger partial charge in [-0.3, -0.25) is 4.79 Å². The van der Waals surface area contributed by atoms with Gasteiger partial charge in [-0.15, -0.1) is 0 Å². The molecule has 3 N–H and O–H groups in total. The Balaban J connectivity index is 1.84. The van der Waals surface area contributed by atoms with Gasteiger partial charge in [-0.05, 0) is 43.3 Å². The van der Waals surface area contributed by atoms with Crippen LogP contribution in [-0.4, -0.2) is 32.7 Å². The van der Waals surface area contributed by atoms with Gasteiger partial charge in [-0.2, -0.15) is 0 Å². The number of carbonyl (C=O) groups excluding carboxylic acids is 1. The highest BCUT2D eigenvalue weighted by atomic mass is 16.5. The summed E-state index contributed by atoms with van der Waals surface area (Å²) in [5, 5.41) is 2.81. The summed E-state index contributed by atoms with van der Waals surface area (Å²) in [7, 11) is 1.98. The van der Waals surface area contributed by atoms with E-state index < -0.39 is 0 Å². The number of ether oxygens (including phenoxy) is 1. The molecule has 122 valence electrons. The maximum atomic E-state index is 11.9. The molecule has 0 heterocycles. The number of benzene rings is 2. The van der Waals surface area contributed by atoms with Crippen molar-refractivity contribution < 1.29 is 9.53 Å². The zero-order valence-corrected chi connectivity index (χ0v) is 13.6. The number of nitrogens with zero attached hydrogens (tertiary/aromatic N) is 1. The van der Waals surface area contributed by atoms with E-state index in [1.54, 1.807) is 0 Å². The van der Waals surface area contributed by atoms with Crippen molar-refractivity contribution in [2.75, 3.05) is 37.0 Å². The molecule has 0 bridgehead atoms. The van der Waals surface area contributed by atoms with Crippen molar-refractivity contribution in [1.29, 1.82) is 0 Å². The summed E-state index contributed by atoms with van der Waals surface area (Å²) in [5.74, 6) is 0.498. The molecule has 0 atom stereocenters. The van der Waals surface area contributed by atoms with E-state index >= 15 is 0 Å². The highest BCUT2D eigenvalue weighted by Crippen LogP contribution is 2.16. The lowest BCUT2D eigenvalue weighted by Gasteiger charge is -2.18.